The molecule has 6 rings (SSSR count). The summed E-state index contributed by atoms with van der Waals surface area (Å²) in [7, 11) is -6.10. The van der Waals surface area contributed by atoms with E-state index in [9.17, 15) is 40.8 Å². The van der Waals surface area contributed by atoms with Crippen molar-refractivity contribution >= 4 is 56.2 Å². The Balaban J connectivity index is 1.35. The van der Waals surface area contributed by atoms with Gasteiger partial charge in [-0.1, -0.05) is 43.2 Å². The first-order valence-corrected chi connectivity index (χ1v) is 20.1. The van der Waals surface area contributed by atoms with E-state index in [2.05, 4.69) is 10.6 Å². The first kappa shape index (κ1) is 39.9. The Labute approximate surface area is 319 Å². The van der Waals surface area contributed by atoms with Gasteiger partial charge in [-0.15, -0.1) is 11.3 Å². The lowest BCUT2D eigenvalue weighted by Gasteiger charge is -2.30. The summed E-state index contributed by atoms with van der Waals surface area (Å²) >= 11 is 1.40. The molecule has 2 aromatic heterocycles. The van der Waals surface area contributed by atoms with Crippen LogP contribution in [-0.2, 0) is 29.1 Å². The number of hydrogen-bond donors (Lipinski definition) is 3. The highest BCUT2D eigenvalue weighted by Crippen LogP contribution is 2.46. The second kappa shape index (κ2) is 15.4. The molecular formula is C36H41F3N6O8S2. The number of aromatic nitrogens is 2. The molecule has 1 saturated carbocycles. The van der Waals surface area contributed by atoms with Gasteiger partial charge in [-0.05, 0) is 70.0 Å². The van der Waals surface area contributed by atoms with Crippen molar-refractivity contribution < 1.29 is 50.2 Å². The second-order valence-corrected chi connectivity index (χ2v) is 17.4. The molecule has 0 radical (unpaired) electrons. The van der Waals surface area contributed by atoms with E-state index in [0.717, 1.165) is 9.60 Å². The molecule has 1 unspecified atom stereocenters. The van der Waals surface area contributed by atoms with E-state index in [1.165, 1.54) is 16.2 Å². The van der Waals surface area contributed by atoms with E-state index in [1.54, 1.807) is 51.1 Å². The fourth-order valence-corrected chi connectivity index (χ4v) is 7.93. The van der Waals surface area contributed by atoms with Crippen molar-refractivity contribution in [1.82, 2.24) is 30.2 Å². The smallest absolute Gasteiger partial charge is 0.471 e. The van der Waals surface area contributed by atoms with Crippen molar-refractivity contribution in [3.63, 3.8) is 0 Å². The third-order valence-electron chi connectivity index (χ3n) is 9.44. The Morgan fingerprint density at radius 1 is 1.04 bits per heavy atom. The molecule has 2 aliphatic heterocycles. The summed E-state index contributed by atoms with van der Waals surface area (Å²) in [5, 5.41) is 7.01. The Morgan fingerprint density at radius 3 is 2.44 bits per heavy atom. The van der Waals surface area contributed by atoms with Crippen LogP contribution >= 0.6 is 11.3 Å². The summed E-state index contributed by atoms with van der Waals surface area (Å²) in [6.45, 7) is 4.81. The highest BCUT2D eigenvalue weighted by molar-refractivity contribution is 7.90. The van der Waals surface area contributed by atoms with Gasteiger partial charge in [0.2, 0.25) is 17.7 Å². The summed E-state index contributed by atoms with van der Waals surface area (Å²) in [6, 6.07) is 8.31. The Hall–Kier alpha value is -4.78. The van der Waals surface area contributed by atoms with Gasteiger partial charge in [0.25, 0.3) is 5.91 Å². The molecule has 296 valence electrons. The van der Waals surface area contributed by atoms with Crippen LogP contribution in [0.15, 0.2) is 53.9 Å². The molecule has 0 spiro atoms. The number of benzene rings is 1. The third-order valence-corrected chi connectivity index (χ3v) is 11.4. The van der Waals surface area contributed by atoms with Crippen molar-refractivity contribution in [3.8, 4) is 16.5 Å². The number of carbonyl (C=O) groups excluding carboxylic acids is 4. The number of ether oxygens (including phenoxy) is 2. The fourth-order valence-electron chi connectivity index (χ4n) is 6.68. The van der Waals surface area contributed by atoms with E-state index >= 15 is 0 Å². The number of para-hydroxylation sites is 2. The molecule has 5 atom stereocenters. The number of nitrogens with zero attached hydrogens (tertiary/aromatic N) is 3. The molecule has 14 nitrogen and oxygen atoms in total. The average molecular weight is 807 g/mol. The SMILES string of the molecule is CC(C)(C)OC(=O)N[C@@H]1CCCCC/C=C/C2C[C@@]2(C(=O)NS(=O)(=O)C(F)(F)F)NC(=O)[C@@H]2C[C@@H](Oc3nc4ccccc4nc3-c3cccs3)CN2C1=O. The number of alkyl carbamates (subject to hydrolysis) is 1. The van der Waals surface area contributed by atoms with Gasteiger partial charge in [-0.3, -0.25) is 14.4 Å². The Bertz CT molecular complexity index is 2090. The summed E-state index contributed by atoms with van der Waals surface area (Å²) in [5.74, 6) is -3.84. The molecule has 4 amide bonds. The normalized spacial score (nSPS) is 25.7. The van der Waals surface area contributed by atoms with E-state index in [1.807, 2.05) is 23.6 Å². The van der Waals surface area contributed by atoms with Crippen molar-refractivity contribution in [3.05, 3.63) is 53.9 Å². The van der Waals surface area contributed by atoms with Gasteiger partial charge in [0.15, 0.2) is 0 Å². The Kier molecular flexibility index (Phi) is 11.2. The van der Waals surface area contributed by atoms with E-state index in [-0.39, 0.29) is 31.7 Å². The number of thiophene rings is 1. The lowest BCUT2D eigenvalue weighted by Crippen LogP contribution is -2.59. The van der Waals surface area contributed by atoms with Crippen molar-refractivity contribution in [2.24, 2.45) is 5.92 Å². The first-order chi connectivity index (χ1) is 25.9. The average Bonchev–Trinajstić information content (AvgIpc) is 3.39. The molecule has 19 heteroatoms. The number of hydrogen-bond acceptors (Lipinski definition) is 11. The van der Waals surface area contributed by atoms with E-state index in [4.69, 9.17) is 19.4 Å². The predicted molar refractivity (Wildman–Crippen MR) is 195 cm³/mol. The second-order valence-electron chi connectivity index (χ2n) is 14.7. The molecule has 2 fully saturated rings. The zero-order valence-electron chi connectivity index (χ0n) is 30.2. The molecule has 3 aliphatic rings. The number of allylic oxidation sites excluding steroid dienone is 1. The van der Waals surface area contributed by atoms with Gasteiger partial charge in [0.1, 0.15) is 35.0 Å². The standard InChI is InChI=1S/C36H41F3N6O8S2/c1-34(2,3)53-33(49)42-25-15-8-6-4-5-7-12-21-19-35(21,32(48)44-55(50,51)36(37,38)39)43-29(46)26-18-22(20-45(26)31(25)47)52-30-28(27-16-11-17-54-27)40-23-13-9-10-14-24(23)41-30/h7,9-14,16-17,21-22,25-26H,4-6,8,15,18-20H2,1-3H3,(H,42,49)(H,43,46)(H,44,48)/b12-7+/t21?,22-,25-,26+,35-/m1/s1. The highest BCUT2D eigenvalue weighted by Gasteiger charge is 2.63. The van der Waals surface area contributed by atoms with Gasteiger partial charge in [0, 0.05) is 12.3 Å². The zero-order chi connectivity index (χ0) is 39.8. The van der Waals surface area contributed by atoms with Crippen LogP contribution in [0, 0.1) is 5.92 Å². The van der Waals surface area contributed by atoms with Gasteiger partial charge in [0.05, 0.1) is 22.5 Å². The fraction of sp³-hybridized carbons (Fsp3) is 0.500. The molecule has 1 aliphatic carbocycles. The molecule has 3 N–H and O–H groups in total. The van der Waals surface area contributed by atoms with Crippen LogP contribution in [0.2, 0.25) is 0 Å². The summed E-state index contributed by atoms with van der Waals surface area (Å²) in [4.78, 5) is 66.4. The molecule has 0 bridgehead atoms. The van der Waals surface area contributed by atoms with Crippen LogP contribution in [0.3, 0.4) is 0 Å². The van der Waals surface area contributed by atoms with Crippen molar-refractivity contribution in [1.29, 1.82) is 0 Å². The summed E-state index contributed by atoms with van der Waals surface area (Å²) in [6.07, 6.45) is 3.66. The third kappa shape index (κ3) is 9.03. The van der Waals surface area contributed by atoms with Gasteiger partial charge in [-0.2, -0.15) is 21.6 Å². The summed E-state index contributed by atoms with van der Waals surface area (Å²) < 4.78 is 76.8. The quantitative estimate of drug-likeness (QED) is 0.288. The topological polar surface area (TPSA) is 186 Å². The largest absolute Gasteiger partial charge is 0.516 e. The van der Waals surface area contributed by atoms with E-state index in [0.29, 0.717) is 42.4 Å². The molecule has 1 aromatic carbocycles. The zero-order valence-corrected chi connectivity index (χ0v) is 31.9. The van der Waals surface area contributed by atoms with Crippen molar-refractivity contribution in [2.75, 3.05) is 6.54 Å². The number of amides is 4. The summed E-state index contributed by atoms with van der Waals surface area (Å²) in [5.41, 5.74) is -7.17. The number of nitrogens with one attached hydrogen (secondary N) is 3. The van der Waals surface area contributed by atoms with Crippen molar-refractivity contribution in [2.45, 2.75) is 101 Å². The van der Waals surface area contributed by atoms with Crippen LogP contribution in [0.5, 0.6) is 5.88 Å². The number of sulfonamides is 1. The van der Waals surface area contributed by atoms with E-state index < -0.39 is 74.6 Å². The van der Waals surface area contributed by atoms with Gasteiger partial charge >= 0.3 is 21.6 Å². The molecule has 4 heterocycles. The van der Waals surface area contributed by atoms with Crippen LogP contribution in [0.25, 0.3) is 21.6 Å². The minimum Gasteiger partial charge on any atom is -0.471 e. The lowest BCUT2D eigenvalue weighted by atomic mass is 10.0. The van der Waals surface area contributed by atoms with Crippen LogP contribution < -0.4 is 20.1 Å². The molecule has 3 aromatic rings. The van der Waals surface area contributed by atoms with Crippen LogP contribution in [0.1, 0.15) is 65.7 Å². The monoisotopic (exact) mass is 806 g/mol. The molecule has 55 heavy (non-hydrogen) atoms. The maximum atomic E-state index is 14.4. The van der Waals surface area contributed by atoms with Gasteiger partial charge in [-0.25, -0.2) is 19.5 Å². The maximum absolute atomic E-state index is 14.4. The lowest BCUT2D eigenvalue weighted by molar-refractivity contribution is -0.141. The van der Waals surface area contributed by atoms with Crippen LogP contribution in [0.4, 0.5) is 18.0 Å². The number of fused-ring (bicyclic) bond motifs is 3. The predicted octanol–water partition coefficient (Wildman–Crippen LogP) is 4.96. The molecule has 1 saturated heterocycles. The van der Waals surface area contributed by atoms with Gasteiger partial charge < -0.3 is 25.0 Å². The number of alkyl halides is 3. The van der Waals surface area contributed by atoms with Crippen LogP contribution in [-0.4, -0.2) is 88.5 Å². The number of halogens is 3. The number of rotatable bonds is 6. The number of carbonyl (C=O) groups is 4. The highest BCUT2D eigenvalue weighted by atomic mass is 32.2. The Morgan fingerprint density at radius 2 is 1.76 bits per heavy atom. The minimum absolute atomic E-state index is 0.130. The minimum atomic E-state index is -6.10. The molecular weight excluding hydrogens is 766 g/mol. The maximum Gasteiger partial charge on any atom is 0.516 e. The first-order valence-electron chi connectivity index (χ1n) is 17.8.